The number of anilines is 1. The van der Waals surface area contributed by atoms with E-state index in [9.17, 15) is 22.4 Å². The van der Waals surface area contributed by atoms with Gasteiger partial charge in [0.25, 0.3) is 0 Å². The maximum atomic E-state index is 13.3. The standard InChI is InChI=1S/C24H19FN2O4S/c1-16-7-12-21-20(13-16)24(29)22(32(30,31)19-10-8-17(25)9-11-19)14-27(21)15-23(28)26-18-5-3-2-4-6-18/h2-14H,15H2,1H3,(H,26,28). The fraction of sp³-hybridized carbons (Fsp3) is 0.0833. The zero-order valence-corrected chi connectivity index (χ0v) is 17.9. The first-order chi connectivity index (χ1) is 15.3. The molecule has 1 heterocycles. The SMILES string of the molecule is Cc1ccc2c(c1)c(=O)c(S(=O)(=O)c1ccc(F)cc1)cn2CC(=O)Nc1ccccc1. The third kappa shape index (κ3) is 4.17. The molecule has 0 bridgehead atoms. The lowest BCUT2D eigenvalue weighted by Gasteiger charge is -2.14. The van der Waals surface area contributed by atoms with Gasteiger partial charge < -0.3 is 9.88 Å². The van der Waals surface area contributed by atoms with Crippen LogP contribution in [0.2, 0.25) is 0 Å². The van der Waals surface area contributed by atoms with Crippen LogP contribution in [0.3, 0.4) is 0 Å². The number of nitrogens with one attached hydrogen (secondary N) is 1. The maximum absolute atomic E-state index is 13.3. The van der Waals surface area contributed by atoms with E-state index < -0.39 is 26.0 Å². The molecule has 0 aliphatic rings. The van der Waals surface area contributed by atoms with Crippen LogP contribution in [0.25, 0.3) is 10.9 Å². The Morgan fingerprint density at radius 1 is 1.00 bits per heavy atom. The molecule has 8 heteroatoms. The summed E-state index contributed by atoms with van der Waals surface area (Å²) in [4.78, 5) is 25.1. The van der Waals surface area contributed by atoms with Crippen LogP contribution < -0.4 is 10.7 Å². The molecule has 0 saturated carbocycles. The Morgan fingerprint density at radius 2 is 1.69 bits per heavy atom. The van der Waals surface area contributed by atoms with E-state index in [1.165, 1.54) is 10.8 Å². The highest BCUT2D eigenvalue weighted by atomic mass is 32.2. The normalized spacial score (nSPS) is 11.4. The van der Waals surface area contributed by atoms with Crippen molar-refractivity contribution in [3.05, 3.63) is 101 Å². The van der Waals surface area contributed by atoms with E-state index in [0.717, 1.165) is 29.8 Å². The van der Waals surface area contributed by atoms with E-state index >= 15 is 0 Å². The quantitative estimate of drug-likeness (QED) is 0.467. The number of hydrogen-bond donors (Lipinski definition) is 1. The Bertz CT molecular complexity index is 1480. The number of benzene rings is 3. The summed E-state index contributed by atoms with van der Waals surface area (Å²) in [5.41, 5.74) is 1.12. The van der Waals surface area contributed by atoms with E-state index in [1.807, 2.05) is 6.07 Å². The minimum atomic E-state index is -4.24. The summed E-state index contributed by atoms with van der Waals surface area (Å²) in [6.45, 7) is 1.58. The van der Waals surface area contributed by atoms with Crippen LogP contribution in [0.15, 0.2) is 93.6 Å². The third-order valence-electron chi connectivity index (χ3n) is 4.99. The highest BCUT2D eigenvalue weighted by molar-refractivity contribution is 7.91. The minimum Gasteiger partial charge on any atom is -0.336 e. The maximum Gasteiger partial charge on any atom is 0.244 e. The summed E-state index contributed by atoms with van der Waals surface area (Å²) in [6, 6.07) is 18.1. The molecule has 6 nitrogen and oxygen atoms in total. The van der Waals surface area contributed by atoms with E-state index in [2.05, 4.69) is 5.32 Å². The molecule has 0 spiro atoms. The smallest absolute Gasteiger partial charge is 0.244 e. The molecule has 4 rings (SSSR count). The Hall–Kier alpha value is -3.78. The van der Waals surface area contributed by atoms with Crippen molar-refractivity contribution >= 4 is 32.3 Å². The van der Waals surface area contributed by atoms with Crippen molar-refractivity contribution in [1.82, 2.24) is 4.57 Å². The number of fused-ring (bicyclic) bond motifs is 1. The van der Waals surface area contributed by atoms with Gasteiger partial charge in [0.2, 0.25) is 21.2 Å². The fourth-order valence-electron chi connectivity index (χ4n) is 3.42. The Morgan fingerprint density at radius 3 is 2.38 bits per heavy atom. The molecule has 0 fully saturated rings. The summed E-state index contributed by atoms with van der Waals surface area (Å²) >= 11 is 0. The number of pyridine rings is 1. The molecule has 0 saturated heterocycles. The predicted octanol–water partition coefficient (Wildman–Crippen LogP) is 3.92. The minimum absolute atomic E-state index is 0.181. The summed E-state index contributed by atoms with van der Waals surface area (Å²) in [5, 5.41) is 2.93. The number of aromatic nitrogens is 1. The van der Waals surface area contributed by atoms with Crippen molar-refractivity contribution < 1.29 is 17.6 Å². The zero-order chi connectivity index (χ0) is 22.9. The first kappa shape index (κ1) is 21.5. The molecule has 3 aromatic carbocycles. The summed E-state index contributed by atoms with van der Waals surface area (Å²) in [7, 11) is -4.24. The van der Waals surface area contributed by atoms with Gasteiger partial charge in [-0.1, -0.05) is 29.8 Å². The van der Waals surface area contributed by atoms with Crippen molar-refractivity contribution in [2.24, 2.45) is 0 Å². The van der Waals surface area contributed by atoms with Gasteiger partial charge in [0.1, 0.15) is 17.3 Å². The van der Waals surface area contributed by atoms with E-state index in [-0.39, 0.29) is 22.7 Å². The molecular weight excluding hydrogens is 431 g/mol. The summed E-state index contributed by atoms with van der Waals surface area (Å²) in [5.74, 6) is -0.972. The Balaban J connectivity index is 1.84. The number of carbonyl (C=O) groups excluding carboxylic acids is 1. The number of para-hydroxylation sites is 1. The molecule has 0 unspecified atom stereocenters. The largest absolute Gasteiger partial charge is 0.336 e. The molecule has 1 amide bonds. The molecule has 0 aliphatic carbocycles. The number of halogens is 1. The Labute approximate surface area is 183 Å². The van der Waals surface area contributed by atoms with Gasteiger partial charge in [-0.2, -0.15) is 0 Å². The van der Waals surface area contributed by atoms with Crippen LogP contribution in [-0.2, 0) is 21.2 Å². The molecular formula is C24H19FN2O4S. The number of carbonyl (C=O) groups is 1. The van der Waals surface area contributed by atoms with Crippen LogP contribution in [-0.4, -0.2) is 18.9 Å². The molecule has 1 N–H and O–H groups in total. The lowest BCUT2D eigenvalue weighted by atomic mass is 10.1. The highest BCUT2D eigenvalue weighted by Gasteiger charge is 2.24. The van der Waals surface area contributed by atoms with Crippen molar-refractivity contribution in [2.45, 2.75) is 23.3 Å². The molecule has 0 radical (unpaired) electrons. The lowest BCUT2D eigenvalue weighted by Crippen LogP contribution is -2.24. The van der Waals surface area contributed by atoms with Crippen molar-refractivity contribution in [1.29, 1.82) is 0 Å². The van der Waals surface area contributed by atoms with Crippen molar-refractivity contribution in [3.63, 3.8) is 0 Å². The van der Waals surface area contributed by atoms with Gasteiger partial charge in [-0.15, -0.1) is 0 Å². The molecule has 162 valence electrons. The highest BCUT2D eigenvalue weighted by Crippen LogP contribution is 2.22. The van der Waals surface area contributed by atoms with Gasteiger partial charge in [0, 0.05) is 17.3 Å². The molecule has 32 heavy (non-hydrogen) atoms. The first-order valence-electron chi connectivity index (χ1n) is 9.75. The molecule has 0 atom stereocenters. The number of sulfone groups is 1. The Kier molecular flexibility index (Phi) is 5.63. The van der Waals surface area contributed by atoms with Crippen LogP contribution in [0.5, 0.6) is 0 Å². The zero-order valence-electron chi connectivity index (χ0n) is 17.1. The second kappa shape index (κ2) is 8.39. The van der Waals surface area contributed by atoms with Crippen molar-refractivity contribution in [2.75, 3.05) is 5.32 Å². The van der Waals surface area contributed by atoms with Gasteiger partial charge >= 0.3 is 0 Å². The van der Waals surface area contributed by atoms with Gasteiger partial charge in [-0.25, -0.2) is 12.8 Å². The average Bonchev–Trinajstić information content (AvgIpc) is 2.76. The monoisotopic (exact) mass is 450 g/mol. The topological polar surface area (TPSA) is 85.2 Å². The average molecular weight is 450 g/mol. The van der Waals surface area contributed by atoms with Gasteiger partial charge in [0.05, 0.1) is 10.4 Å². The van der Waals surface area contributed by atoms with Crippen LogP contribution in [0, 0.1) is 12.7 Å². The van der Waals surface area contributed by atoms with Crippen LogP contribution in [0.1, 0.15) is 5.56 Å². The molecule has 4 aromatic rings. The van der Waals surface area contributed by atoms with Crippen LogP contribution >= 0.6 is 0 Å². The second-order valence-corrected chi connectivity index (χ2v) is 9.26. The van der Waals surface area contributed by atoms with E-state index in [4.69, 9.17) is 0 Å². The lowest BCUT2D eigenvalue weighted by molar-refractivity contribution is -0.116. The van der Waals surface area contributed by atoms with E-state index in [1.54, 1.807) is 49.4 Å². The molecule has 1 aromatic heterocycles. The number of aryl methyl sites for hydroxylation is 1. The number of hydrogen-bond acceptors (Lipinski definition) is 4. The second-order valence-electron chi connectivity index (χ2n) is 7.34. The first-order valence-corrected chi connectivity index (χ1v) is 11.2. The van der Waals surface area contributed by atoms with Gasteiger partial charge in [0.15, 0.2) is 0 Å². The number of rotatable bonds is 5. The summed E-state index contributed by atoms with van der Waals surface area (Å²) in [6.07, 6.45) is 1.17. The molecule has 0 aliphatic heterocycles. The number of nitrogens with zero attached hydrogens (tertiary/aromatic N) is 1. The number of amides is 1. The predicted molar refractivity (Wildman–Crippen MR) is 120 cm³/mol. The summed E-state index contributed by atoms with van der Waals surface area (Å²) < 4.78 is 41.1. The van der Waals surface area contributed by atoms with Crippen LogP contribution in [0.4, 0.5) is 10.1 Å². The fourth-order valence-corrected chi connectivity index (χ4v) is 4.79. The van der Waals surface area contributed by atoms with Gasteiger partial charge in [-0.05, 0) is 55.5 Å². The third-order valence-corrected chi connectivity index (χ3v) is 6.75. The van der Waals surface area contributed by atoms with E-state index in [0.29, 0.717) is 11.2 Å². The van der Waals surface area contributed by atoms with Crippen molar-refractivity contribution in [3.8, 4) is 0 Å². The van der Waals surface area contributed by atoms with Gasteiger partial charge in [-0.3, -0.25) is 9.59 Å².